The molecule has 2 heterocycles. The highest BCUT2D eigenvalue weighted by molar-refractivity contribution is 6.33. The number of nitrogens with zero attached hydrogens (tertiary/aromatic N) is 3. The van der Waals surface area contributed by atoms with Crippen LogP contribution < -0.4 is 5.32 Å². The Labute approximate surface area is 122 Å². The van der Waals surface area contributed by atoms with Crippen LogP contribution in [0.3, 0.4) is 0 Å². The summed E-state index contributed by atoms with van der Waals surface area (Å²) in [6, 6.07) is 0. The monoisotopic (exact) mass is 296 g/mol. The summed E-state index contributed by atoms with van der Waals surface area (Å²) in [6.45, 7) is 5.19. The molecule has 0 unspecified atom stereocenters. The van der Waals surface area contributed by atoms with Gasteiger partial charge in [-0.3, -0.25) is 9.59 Å². The van der Waals surface area contributed by atoms with E-state index in [1.54, 1.807) is 4.90 Å². The van der Waals surface area contributed by atoms with Crippen molar-refractivity contribution in [1.82, 2.24) is 20.2 Å². The van der Waals surface area contributed by atoms with Crippen molar-refractivity contribution < 1.29 is 9.59 Å². The van der Waals surface area contributed by atoms with Gasteiger partial charge in [0.15, 0.2) is 5.69 Å². The standard InChI is InChI=1S/C13H17ClN4O2/c1-8(2)12-16-7-9(14)11(17-12)13(20)18-5-3-10(19)15-4-6-18/h7-8H,3-6H2,1-2H3,(H,15,19). The van der Waals surface area contributed by atoms with E-state index in [-0.39, 0.29) is 28.4 Å². The number of carbonyl (C=O) groups excluding carboxylic acids is 2. The molecule has 7 heteroatoms. The quantitative estimate of drug-likeness (QED) is 0.890. The average Bonchev–Trinajstić information content (AvgIpc) is 2.63. The van der Waals surface area contributed by atoms with Crippen molar-refractivity contribution in [3.05, 3.63) is 22.7 Å². The van der Waals surface area contributed by atoms with Gasteiger partial charge in [0, 0.05) is 32.0 Å². The number of nitrogens with one attached hydrogen (secondary N) is 1. The molecule has 0 aromatic carbocycles. The zero-order chi connectivity index (χ0) is 14.7. The van der Waals surface area contributed by atoms with Crippen LogP contribution in [0.25, 0.3) is 0 Å². The molecule has 1 N–H and O–H groups in total. The molecule has 0 spiro atoms. The molecular formula is C13H17ClN4O2. The van der Waals surface area contributed by atoms with E-state index in [4.69, 9.17) is 11.6 Å². The van der Waals surface area contributed by atoms with Crippen molar-refractivity contribution in [1.29, 1.82) is 0 Å². The van der Waals surface area contributed by atoms with Crippen LogP contribution in [-0.4, -0.2) is 46.3 Å². The highest BCUT2D eigenvalue weighted by Crippen LogP contribution is 2.18. The number of amides is 2. The number of carbonyl (C=O) groups is 2. The predicted octanol–water partition coefficient (Wildman–Crippen LogP) is 1.22. The fourth-order valence-corrected chi connectivity index (χ4v) is 2.10. The second-order valence-corrected chi connectivity index (χ2v) is 5.38. The summed E-state index contributed by atoms with van der Waals surface area (Å²) in [4.78, 5) is 33.7. The molecule has 1 aliphatic rings. The number of aromatic nitrogens is 2. The van der Waals surface area contributed by atoms with Gasteiger partial charge in [-0.15, -0.1) is 0 Å². The Bertz CT molecular complexity index is 533. The summed E-state index contributed by atoms with van der Waals surface area (Å²) in [5.74, 6) is 0.403. The first-order chi connectivity index (χ1) is 9.49. The molecule has 1 fully saturated rings. The van der Waals surface area contributed by atoms with Gasteiger partial charge in [0.1, 0.15) is 5.82 Å². The van der Waals surface area contributed by atoms with E-state index < -0.39 is 0 Å². The Morgan fingerprint density at radius 2 is 2.20 bits per heavy atom. The van der Waals surface area contributed by atoms with Crippen molar-refractivity contribution in [3.8, 4) is 0 Å². The van der Waals surface area contributed by atoms with E-state index in [1.165, 1.54) is 6.20 Å². The molecule has 0 saturated carbocycles. The van der Waals surface area contributed by atoms with E-state index in [2.05, 4.69) is 15.3 Å². The van der Waals surface area contributed by atoms with Crippen molar-refractivity contribution in [2.24, 2.45) is 0 Å². The van der Waals surface area contributed by atoms with Crippen LogP contribution in [0.1, 0.15) is 42.5 Å². The summed E-state index contributed by atoms with van der Waals surface area (Å²) in [7, 11) is 0. The zero-order valence-electron chi connectivity index (χ0n) is 11.5. The van der Waals surface area contributed by atoms with Gasteiger partial charge in [0.25, 0.3) is 5.91 Å². The predicted molar refractivity (Wildman–Crippen MR) is 74.7 cm³/mol. The lowest BCUT2D eigenvalue weighted by molar-refractivity contribution is -0.120. The van der Waals surface area contributed by atoms with Gasteiger partial charge in [-0.05, 0) is 0 Å². The second kappa shape index (κ2) is 6.17. The molecule has 0 atom stereocenters. The van der Waals surface area contributed by atoms with E-state index in [9.17, 15) is 9.59 Å². The van der Waals surface area contributed by atoms with Gasteiger partial charge in [-0.1, -0.05) is 25.4 Å². The van der Waals surface area contributed by atoms with Gasteiger partial charge < -0.3 is 10.2 Å². The lowest BCUT2D eigenvalue weighted by Gasteiger charge is -2.19. The Hall–Kier alpha value is -1.69. The number of halogens is 1. The van der Waals surface area contributed by atoms with Gasteiger partial charge >= 0.3 is 0 Å². The summed E-state index contributed by atoms with van der Waals surface area (Å²) in [5.41, 5.74) is 0.208. The Kier molecular flexibility index (Phi) is 4.54. The molecular weight excluding hydrogens is 280 g/mol. The van der Waals surface area contributed by atoms with Crippen molar-refractivity contribution >= 4 is 23.4 Å². The summed E-state index contributed by atoms with van der Waals surface area (Å²) in [5, 5.41) is 2.97. The molecule has 0 aliphatic carbocycles. The minimum atomic E-state index is -0.254. The molecule has 1 aliphatic heterocycles. The SMILES string of the molecule is CC(C)c1ncc(Cl)c(C(=O)N2CCNC(=O)CC2)n1. The average molecular weight is 297 g/mol. The van der Waals surface area contributed by atoms with Gasteiger partial charge in [-0.25, -0.2) is 9.97 Å². The van der Waals surface area contributed by atoms with Crippen LogP contribution in [0.2, 0.25) is 5.02 Å². The number of rotatable bonds is 2. The number of hydrogen-bond acceptors (Lipinski definition) is 4. The molecule has 6 nitrogen and oxygen atoms in total. The maximum Gasteiger partial charge on any atom is 0.274 e. The largest absolute Gasteiger partial charge is 0.354 e. The first kappa shape index (κ1) is 14.7. The fourth-order valence-electron chi connectivity index (χ4n) is 1.93. The molecule has 2 rings (SSSR count). The highest BCUT2D eigenvalue weighted by Gasteiger charge is 2.23. The van der Waals surface area contributed by atoms with Crippen LogP contribution in [0.4, 0.5) is 0 Å². The minimum Gasteiger partial charge on any atom is -0.354 e. The maximum absolute atomic E-state index is 12.5. The lowest BCUT2D eigenvalue weighted by Crippen LogP contribution is -2.35. The molecule has 1 aromatic rings. The smallest absolute Gasteiger partial charge is 0.274 e. The number of hydrogen-bond donors (Lipinski definition) is 1. The van der Waals surface area contributed by atoms with Gasteiger partial charge in [-0.2, -0.15) is 0 Å². The van der Waals surface area contributed by atoms with Crippen LogP contribution in [0, 0.1) is 0 Å². The van der Waals surface area contributed by atoms with Crippen molar-refractivity contribution in [2.75, 3.05) is 19.6 Å². The van der Waals surface area contributed by atoms with Crippen LogP contribution >= 0.6 is 11.6 Å². The van der Waals surface area contributed by atoms with Gasteiger partial charge in [0.2, 0.25) is 5.91 Å². The second-order valence-electron chi connectivity index (χ2n) is 4.97. The molecule has 1 saturated heterocycles. The Morgan fingerprint density at radius 1 is 1.45 bits per heavy atom. The topological polar surface area (TPSA) is 75.2 Å². The van der Waals surface area contributed by atoms with Crippen molar-refractivity contribution in [2.45, 2.75) is 26.2 Å². The van der Waals surface area contributed by atoms with E-state index in [0.717, 1.165) is 0 Å². The molecule has 0 bridgehead atoms. The third-order valence-corrected chi connectivity index (χ3v) is 3.36. The van der Waals surface area contributed by atoms with Crippen LogP contribution in [-0.2, 0) is 4.79 Å². The molecule has 108 valence electrons. The Balaban J connectivity index is 2.23. The van der Waals surface area contributed by atoms with Crippen LogP contribution in [0.5, 0.6) is 0 Å². The minimum absolute atomic E-state index is 0.0445. The highest BCUT2D eigenvalue weighted by atomic mass is 35.5. The van der Waals surface area contributed by atoms with E-state index in [0.29, 0.717) is 31.9 Å². The molecule has 20 heavy (non-hydrogen) atoms. The molecule has 1 aromatic heterocycles. The first-order valence-electron chi connectivity index (χ1n) is 6.57. The summed E-state index contributed by atoms with van der Waals surface area (Å²) < 4.78 is 0. The van der Waals surface area contributed by atoms with E-state index >= 15 is 0 Å². The van der Waals surface area contributed by atoms with Gasteiger partial charge in [0.05, 0.1) is 11.2 Å². The molecule has 2 amide bonds. The Morgan fingerprint density at radius 3 is 2.90 bits per heavy atom. The van der Waals surface area contributed by atoms with Crippen molar-refractivity contribution in [3.63, 3.8) is 0 Å². The van der Waals surface area contributed by atoms with Crippen LogP contribution in [0.15, 0.2) is 6.20 Å². The fraction of sp³-hybridized carbons (Fsp3) is 0.538. The normalized spacial score (nSPS) is 16.0. The van der Waals surface area contributed by atoms with E-state index in [1.807, 2.05) is 13.8 Å². The lowest BCUT2D eigenvalue weighted by atomic mass is 10.2. The third kappa shape index (κ3) is 3.25. The summed E-state index contributed by atoms with van der Waals surface area (Å²) >= 11 is 6.03. The molecule has 0 radical (unpaired) electrons. The summed E-state index contributed by atoms with van der Waals surface area (Å²) in [6.07, 6.45) is 1.75. The maximum atomic E-state index is 12.5. The third-order valence-electron chi connectivity index (χ3n) is 3.08. The first-order valence-corrected chi connectivity index (χ1v) is 6.95. The zero-order valence-corrected chi connectivity index (χ0v) is 12.3.